The zero-order chi connectivity index (χ0) is 13.4. The highest BCUT2D eigenvalue weighted by atomic mass is 32.2. The Morgan fingerprint density at radius 3 is 2.56 bits per heavy atom. The van der Waals surface area contributed by atoms with Crippen molar-refractivity contribution in [3.63, 3.8) is 0 Å². The normalized spacial score (nSPS) is 11.1. The zero-order valence-corrected chi connectivity index (χ0v) is 10.2. The first kappa shape index (κ1) is 14.7. The number of carbonyl (C=O) groups is 1. The predicted octanol–water partition coefficient (Wildman–Crippen LogP) is 3.07. The molecule has 0 unspecified atom stereocenters. The van der Waals surface area contributed by atoms with E-state index in [4.69, 9.17) is 0 Å². The standard InChI is InChI=1S/C11H12F3NO2S/c12-11(13,14)8-17-10(16)15-6-7-18-9-4-2-1-3-5-9/h1-5H,6-8H2,(H,15,16). The second-order valence-corrected chi connectivity index (χ2v) is 4.45. The molecule has 1 aromatic carbocycles. The molecule has 0 heterocycles. The zero-order valence-electron chi connectivity index (χ0n) is 9.37. The first-order valence-electron chi connectivity index (χ1n) is 5.12. The van der Waals surface area contributed by atoms with Crippen molar-refractivity contribution in [1.29, 1.82) is 0 Å². The summed E-state index contributed by atoms with van der Waals surface area (Å²) in [6.07, 6.45) is -5.54. The van der Waals surface area contributed by atoms with Gasteiger partial charge >= 0.3 is 12.3 Å². The van der Waals surface area contributed by atoms with Crippen molar-refractivity contribution in [3.8, 4) is 0 Å². The third-order valence-corrected chi connectivity index (χ3v) is 2.76. The van der Waals surface area contributed by atoms with Gasteiger partial charge in [-0.1, -0.05) is 18.2 Å². The number of alkyl carbamates (subject to hydrolysis) is 1. The molecule has 1 N–H and O–H groups in total. The molecular weight excluding hydrogens is 267 g/mol. The van der Waals surface area contributed by atoms with Gasteiger partial charge in [0.05, 0.1) is 0 Å². The van der Waals surface area contributed by atoms with Crippen molar-refractivity contribution in [1.82, 2.24) is 5.32 Å². The summed E-state index contributed by atoms with van der Waals surface area (Å²) in [7, 11) is 0. The Hall–Kier alpha value is -1.37. The summed E-state index contributed by atoms with van der Waals surface area (Å²) < 4.78 is 39.1. The lowest BCUT2D eigenvalue weighted by Crippen LogP contribution is -2.30. The van der Waals surface area contributed by atoms with E-state index in [0.717, 1.165) is 4.90 Å². The maximum atomic E-state index is 11.7. The molecule has 0 aliphatic heterocycles. The molecule has 0 spiro atoms. The van der Waals surface area contributed by atoms with Gasteiger partial charge in [-0.2, -0.15) is 13.2 Å². The molecule has 7 heteroatoms. The second kappa shape index (κ2) is 7.15. The van der Waals surface area contributed by atoms with Crippen molar-refractivity contribution in [2.24, 2.45) is 0 Å². The van der Waals surface area contributed by atoms with Crippen LogP contribution in [0.3, 0.4) is 0 Å². The number of amides is 1. The second-order valence-electron chi connectivity index (χ2n) is 3.28. The maximum absolute atomic E-state index is 11.7. The minimum absolute atomic E-state index is 0.246. The van der Waals surface area contributed by atoms with Crippen LogP contribution in [0, 0.1) is 0 Å². The highest BCUT2D eigenvalue weighted by Gasteiger charge is 2.29. The Kier molecular flexibility index (Phi) is 5.84. The maximum Gasteiger partial charge on any atom is 0.422 e. The molecule has 0 aliphatic carbocycles. The van der Waals surface area contributed by atoms with Crippen LogP contribution in [0.15, 0.2) is 35.2 Å². The first-order chi connectivity index (χ1) is 8.47. The van der Waals surface area contributed by atoms with Crippen molar-refractivity contribution >= 4 is 17.9 Å². The van der Waals surface area contributed by atoms with E-state index in [1.807, 2.05) is 30.3 Å². The Bertz CT molecular complexity index is 370. The number of halogens is 3. The van der Waals surface area contributed by atoms with E-state index >= 15 is 0 Å². The Labute approximate surface area is 107 Å². The Morgan fingerprint density at radius 2 is 1.94 bits per heavy atom. The third kappa shape index (κ3) is 7.05. The van der Waals surface area contributed by atoms with E-state index in [1.165, 1.54) is 11.8 Å². The number of thioether (sulfide) groups is 1. The largest absolute Gasteiger partial charge is 0.440 e. The number of rotatable bonds is 5. The van der Waals surface area contributed by atoms with Gasteiger partial charge in [0.2, 0.25) is 0 Å². The Balaban J connectivity index is 2.09. The molecule has 1 amide bonds. The molecule has 1 aromatic rings. The van der Waals surface area contributed by atoms with E-state index in [0.29, 0.717) is 5.75 Å². The van der Waals surface area contributed by atoms with E-state index in [-0.39, 0.29) is 6.54 Å². The van der Waals surface area contributed by atoms with Crippen LogP contribution in [0.2, 0.25) is 0 Å². The van der Waals surface area contributed by atoms with Gasteiger partial charge in [-0.15, -0.1) is 11.8 Å². The number of hydrogen-bond donors (Lipinski definition) is 1. The van der Waals surface area contributed by atoms with Gasteiger partial charge in [-0.3, -0.25) is 0 Å². The lowest BCUT2D eigenvalue weighted by molar-refractivity contribution is -0.160. The van der Waals surface area contributed by atoms with Gasteiger partial charge < -0.3 is 10.1 Å². The van der Waals surface area contributed by atoms with Gasteiger partial charge in [-0.05, 0) is 12.1 Å². The predicted molar refractivity (Wildman–Crippen MR) is 62.6 cm³/mol. The van der Waals surface area contributed by atoms with Crippen LogP contribution in [0.25, 0.3) is 0 Å². The highest BCUT2D eigenvalue weighted by Crippen LogP contribution is 2.16. The first-order valence-corrected chi connectivity index (χ1v) is 6.11. The molecular formula is C11H12F3NO2S. The van der Waals surface area contributed by atoms with Gasteiger partial charge in [0.15, 0.2) is 6.61 Å². The number of ether oxygens (including phenoxy) is 1. The van der Waals surface area contributed by atoms with Crippen LogP contribution in [0.4, 0.5) is 18.0 Å². The molecule has 0 aromatic heterocycles. The number of nitrogens with one attached hydrogen (secondary N) is 1. The van der Waals surface area contributed by atoms with Crippen molar-refractivity contribution in [2.75, 3.05) is 18.9 Å². The van der Waals surface area contributed by atoms with E-state index in [2.05, 4.69) is 10.1 Å². The number of hydrogen-bond acceptors (Lipinski definition) is 3. The SMILES string of the molecule is O=C(NCCSc1ccccc1)OCC(F)(F)F. The summed E-state index contributed by atoms with van der Waals surface area (Å²) in [5.74, 6) is 0.561. The molecule has 0 radical (unpaired) electrons. The van der Waals surface area contributed by atoms with Gasteiger partial charge in [0, 0.05) is 17.2 Å². The molecule has 0 atom stereocenters. The summed E-state index contributed by atoms with van der Waals surface area (Å²) >= 11 is 1.49. The molecule has 0 bridgehead atoms. The van der Waals surface area contributed by atoms with E-state index in [1.54, 1.807) is 0 Å². The lowest BCUT2D eigenvalue weighted by Gasteiger charge is -2.08. The fourth-order valence-electron chi connectivity index (χ4n) is 1.04. The number of benzene rings is 1. The van der Waals surface area contributed by atoms with Crippen LogP contribution < -0.4 is 5.32 Å². The molecule has 3 nitrogen and oxygen atoms in total. The third-order valence-electron chi connectivity index (χ3n) is 1.75. The quantitative estimate of drug-likeness (QED) is 0.665. The molecule has 18 heavy (non-hydrogen) atoms. The molecule has 0 saturated heterocycles. The summed E-state index contributed by atoms with van der Waals surface area (Å²) in [4.78, 5) is 11.9. The van der Waals surface area contributed by atoms with Gasteiger partial charge in [0.25, 0.3) is 0 Å². The molecule has 1 rings (SSSR count). The summed E-state index contributed by atoms with van der Waals surface area (Å²) in [6.45, 7) is -1.32. The van der Waals surface area contributed by atoms with Crippen LogP contribution in [-0.2, 0) is 4.74 Å². The van der Waals surface area contributed by atoms with E-state index < -0.39 is 18.9 Å². The molecule has 100 valence electrons. The van der Waals surface area contributed by atoms with Crippen LogP contribution >= 0.6 is 11.8 Å². The van der Waals surface area contributed by atoms with Crippen molar-refractivity contribution < 1.29 is 22.7 Å². The number of carbonyl (C=O) groups excluding carboxylic acids is 1. The fraction of sp³-hybridized carbons (Fsp3) is 0.364. The smallest absolute Gasteiger partial charge is 0.422 e. The number of alkyl halides is 3. The fourth-order valence-corrected chi connectivity index (χ4v) is 1.83. The van der Waals surface area contributed by atoms with Gasteiger partial charge in [-0.25, -0.2) is 4.79 Å². The minimum Gasteiger partial charge on any atom is -0.440 e. The molecule has 0 aliphatic rings. The average Bonchev–Trinajstić information content (AvgIpc) is 2.33. The van der Waals surface area contributed by atoms with Gasteiger partial charge in [0.1, 0.15) is 0 Å². The molecule has 0 fully saturated rings. The summed E-state index contributed by atoms with van der Waals surface area (Å²) in [5, 5.41) is 2.24. The lowest BCUT2D eigenvalue weighted by atomic mass is 10.4. The van der Waals surface area contributed by atoms with Crippen molar-refractivity contribution in [2.45, 2.75) is 11.1 Å². The molecule has 0 saturated carbocycles. The Morgan fingerprint density at radius 1 is 1.28 bits per heavy atom. The van der Waals surface area contributed by atoms with Crippen LogP contribution in [0.1, 0.15) is 0 Å². The average molecular weight is 279 g/mol. The van der Waals surface area contributed by atoms with E-state index in [9.17, 15) is 18.0 Å². The highest BCUT2D eigenvalue weighted by molar-refractivity contribution is 7.99. The monoisotopic (exact) mass is 279 g/mol. The van der Waals surface area contributed by atoms with Crippen molar-refractivity contribution in [3.05, 3.63) is 30.3 Å². The summed E-state index contributed by atoms with van der Waals surface area (Å²) in [5.41, 5.74) is 0. The minimum atomic E-state index is -4.49. The van der Waals surface area contributed by atoms with Crippen LogP contribution in [0.5, 0.6) is 0 Å². The van der Waals surface area contributed by atoms with Crippen LogP contribution in [-0.4, -0.2) is 31.2 Å². The summed E-state index contributed by atoms with van der Waals surface area (Å²) in [6, 6.07) is 9.47. The topological polar surface area (TPSA) is 38.3 Å².